The van der Waals surface area contributed by atoms with Crippen LogP contribution in [0.3, 0.4) is 0 Å². The highest BCUT2D eigenvalue weighted by Gasteiger charge is 2.31. The topological polar surface area (TPSA) is 79.8 Å². The minimum absolute atomic E-state index is 0.0182. The largest absolute Gasteiger partial charge is 0.379 e. The maximum Gasteiger partial charge on any atom is 0.234 e. The van der Waals surface area contributed by atoms with Gasteiger partial charge in [-0.25, -0.2) is 9.97 Å². The second kappa shape index (κ2) is 8.95. The number of carbonyl (C=O) groups is 1. The molecule has 2 atom stereocenters. The molecule has 2 aliphatic heterocycles. The van der Waals surface area contributed by atoms with Crippen molar-refractivity contribution in [1.29, 1.82) is 0 Å². The van der Waals surface area contributed by atoms with E-state index in [1.807, 2.05) is 6.07 Å². The SMILES string of the molecule is O=C(CN1CCN(c2ncccn2)CC1)NC1CCOCC1OCC1CC1. The lowest BCUT2D eigenvalue weighted by atomic mass is 10.1. The number of rotatable bonds is 7. The molecule has 1 saturated carbocycles. The average molecular weight is 375 g/mol. The van der Waals surface area contributed by atoms with E-state index < -0.39 is 0 Å². The van der Waals surface area contributed by atoms with E-state index in [9.17, 15) is 4.79 Å². The molecule has 1 N–H and O–H groups in total. The Morgan fingerprint density at radius 2 is 1.96 bits per heavy atom. The highest BCUT2D eigenvalue weighted by atomic mass is 16.5. The average Bonchev–Trinajstić information content (AvgIpc) is 3.53. The molecule has 0 radical (unpaired) electrons. The molecule has 3 fully saturated rings. The second-order valence-electron chi connectivity index (χ2n) is 7.66. The third-order valence-electron chi connectivity index (χ3n) is 5.47. The normalized spacial score (nSPS) is 26.7. The van der Waals surface area contributed by atoms with Crippen LogP contribution < -0.4 is 10.2 Å². The lowest BCUT2D eigenvalue weighted by Gasteiger charge is -2.35. The molecule has 148 valence electrons. The molecule has 3 aliphatic rings. The minimum Gasteiger partial charge on any atom is -0.379 e. The molecular formula is C19H29N5O3. The molecule has 2 saturated heterocycles. The Morgan fingerprint density at radius 1 is 1.19 bits per heavy atom. The number of nitrogens with zero attached hydrogens (tertiary/aromatic N) is 4. The molecule has 8 heteroatoms. The zero-order valence-electron chi connectivity index (χ0n) is 15.8. The minimum atomic E-state index is -0.0182. The first kappa shape index (κ1) is 18.6. The zero-order valence-corrected chi connectivity index (χ0v) is 15.8. The van der Waals surface area contributed by atoms with Crippen molar-refractivity contribution in [2.75, 3.05) is 57.4 Å². The number of anilines is 1. The first-order valence-corrected chi connectivity index (χ1v) is 10.0. The number of ether oxygens (including phenoxy) is 2. The molecule has 27 heavy (non-hydrogen) atoms. The van der Waals surface area contributed by atoms with Gasteiger partial charge in [0.15, 0.2) is 0 Å². The first-order valence-electron chi connectivity index (χ1n) is 10.0. The summed E-state index contributed by atoms with van der Waals surface area (Å²) in [5.74, 6) is 1.55. The first-order chi connectivity index (χ1) is 13.3. The number of aromatic nitrogens is 2. The fourth-order valence-corrected chi connectivity index (χ4v) is 3.60. The van der Waals surface area contributed by atoms with E-state index in [1.165, 1.54) is 12.8 Å². The van der Waals surface area contributed by atoms with Gasteiger partial charge in [-0.3, -0.25) is 9.69 Å². The van der Waals surface area contributed by atoms with Gasteiger partial charge in [-0.2, -0.15) is 0 Å². The third kappa shape index (κ3) is 5.37. The molecule has 4 rings (SSSR count). The van der Waals surface area contributed by atoms with Crippen LogP contribution in [0, 0.1) is 5.92 Å². The molecule has 1 aromatic rings. The van der Waals surface area contributed by atoms with Crippen LogP contribution in [0.15, 0.2) is 18.5 Å². The van der Waals surface area contributed by atoms with E-state index in [4.69, 9.17) is 9.47 Å². The number of hydrogen-bond donors (Lipinski definition) is 1. The smallest absolute Gasteiger partial charge is 0.234 e. The number of amides is 1. The summed E-state index contributed by atoms with van der Waals surface area (Å²) in [5, 5.41) is 3.18. The predicted molar refractivity (Wildman–Crippen MR) is 101 cm³/mol. The van der Waals surface area contributed by atoms with Crippen LogP contribution in [0.25, 0.3) is 0 Å². The Kier molecular flexibility index (Phi) is 6.16. The number of carbonyl (C=O) groups excluding carboxylic acids is 1. The van der Waals surface area contributed by atoms with Crippen molar-refractivity contribution >= 4 is 11.9 Å². The van der Waals surface area contributed by atoms with E-state index >= 15 is 0 Å². The van der Waals surface area contributed by atoms with Crippen molar-refractivity contribution in [2.45, 2.75) is 31.4 Å². The quantitative estimate of drug-likeness (QED) is 0.734. The molecule has 3 heterocycles. The van der Waals surface area contributed by atoms with Crippen molar-refractivity contribution in [3.8, 4) is 0 Å². The standard InChI is InChI=1S/C19H29N5O3/c25-18(22-16-4-11-26-14-17(16)27-13-15-2-3-15)12-23-7-9-24(10-8-23)19-20-5-1-6-21-19/h1,5-6,15-17H,2-4,7-14H2,(H,22,25). The van der Waals surface area contributed by atoms with Crippen LogP contribution >= 0.6 is 0 Å². The third-order valence-corrected chi connectivity index (χ3v) is 5.47. The number of hydrogen-bond acceptors (Lipinski definition) is 7. The molecular weight excluding hydrogens is 346 g/mol. The Morgan fingerprint density at radius 3 is 2.70 bits per heavy atom. The number of piperazine rings is 1. The van der Waals surface area contributed by atoms with Gasteiger partial charge in [-0.05, 0) is 31.2 Å². The molecule has 0 aromatic carbocycles. The number of nitrogens with one attached hydrogen (secondary N) is 1. The van der Waals surface area contributed by atoms with Gasteiger partial charge in [0.2, 0.25) is 11.9 Å². The summed E-state index contributed by atoms with van der Waals surface area (Å²) in [6.45, 7) is 5.82. The van der Waals surface area contributed by atoms with Crippen LogP contribution in [-0.2, 0) is 14.3 Å². The summed E-state index contributed by atoms with van der Waals surface area (Å²) >= 11 is 0. The highest BCUT2D eigenvalue weighted by Crippen LogP contribution is 2.29. The fraction of sp³-hybridized carbons (Fsp3) is 0.737. The van der Waals surface area contributed by atoms with Crippen LogP contribution in [0.2, 0.25) is 0 Å². The van der Waals surface area contributed by atoms with Gasteiger partial charge in [0.25, 0.3) is 0 Å². The van der Waals surface area contributed by atoms with Gasteiger partial charge in [-0.15, -0.1) is 0 Å². The van der Waals surface area contributed by atoms with Gasteiger partial charge in [0.05, 0.1) is 19.2 Å². The Labute approximate surface area is 160 Å². The summed E-state index contributed by atoms with van der Waals surface area (Å²) in [7, 11) is 0. The molecule has 1 amide bonds. The van der Waals surface area contributed by atoms with Crippen molar-refractivity contribution in [2.24, 2.45) is 5.92 Å². The molecule has 2 unspecified atom stereocenters. The fourth-order valence-electron chi connectivity index (χ4n) is 3.60. The highest BCUT2D eigenvalue weighted by molar-refractivity contribution is 5.78. The van der Waals surface area contributed by atoms with E-state index in [0.717, 1.165) is 45.2 Å². The molecule has 0 spiro atoms. The summed E-state index contributed by atoms with van der Waals surface area (Å²) in [6, 6.07) is 1.88. The van der Waals surface area contributed by atoms with E-state index in [0.29, 0.717) is 25.7 Å². The van der Waals surface area contributed by atoms with E-state index in [2.05, 4.69) is 25.1 Å². The van der Waals surface area contributed by atoms with Crippen molar-refractivity contribution < 1.29 is 14.3 Å². The van der Waals surface area contributed by atoms with Crippen molar-refractivity contribution in [3.05, 3.63) is 18.5 Å². The summed E-state index contributed by atoms with van der Waals surface area (Å²) in [5.41, 5.74) is 0. The van der Waals surface area contributed by atoms with Gasteiger partial charge >= 0.3 is 0 Å². The molecule has 8 nitrogen and oxygen atoms in total. The molecule has 0 bridgehead atoms. The Balaban J connectivity index is 1.20. The van der Waals surface area contributed by atoms with Gasteiger partial charge < -0.3 is 19.7 Å². The van der Waals surface area contributed by atoms with Gasteiger partial charge in [-0.1, -0.05) is 0 Å². The Bertz CT molecular complexity index is 605. The maximum atomic E-state index is 12.5. The molecule has 1 aliphatic carbocycles. The second-order valence-corrected chi connectivity index (χ2v) is 7.66. The van der Waals surface area contributed by atoms with Crippen LogP contribution in [-0.4, -0.2) is 85.5 Å². The van der Waals surface area contributed by atoms with E-state index in [-0.39, 0.29) is 18.1 Å². The summed E-state index contributed by atoms with van der Waals surface area (Å²) < 4.78 is 11.5. The van der Waals surface area contributed by atoms with Crippen LogP contribution in [0.1, 0.15) is 19.3 Å². The lowest BCUT2D eigenvalue weighted by molar-refractivity contribution is -0.127. The van der Waals surface area contributed by atoms with Crippen molar-refractivity contribution in [3.63, 3.8) is 0 Å². The zero-order chi connectivity index (χ0) is 18.5. The summed E-state index contributed by atoms with van der Waals surface area (Å²) in [4.78, 5) is 25.5. The van der Waals surface area contributed by atoms with E-state index in [1.54, 1.807) is 12.4 Å². The maximum absolute atomic E-state index is 12.5. The lowest BCUT2D eigenvalue weighted by Crippen LogP contribution is -2.54. The predicted octanol–water partition coefficient (Wildman–Crippen LogP) is 0.299. The summed E-state index contributed by atoms with van der Waals surface area (Å²) in [6.07, 6.45) is 6.86. The van der Waals surface area contributed by atoms with Crippen molar-refractivity contribution in [1.82, 2.24) is 20.2 Å². The Hall–Kier alpha value is -1.77. The monoisotopic (exact) mass is 375 g/mol. The molecule has 1 aromatic heterocycles. The van der Waals surface area contributed by atoms with Gasteiger partial charge in [0.1, 0.15) is 6.10 Å². The van der Waals surface area contributed by atoms with Crippen LogP contribution in [0.5, 0.6) is 0 Å². The van der Waals surface area contributed by atoms with Crippen LogP contribution in [0.4, 0.5) is 5.95 Å². The van der Waals surface area contributed by atoms with Gasteiger partial charge in [0, 0.05) is 51.8 Å².